The first-order valence-corrected chi connectivity index (χ1v) is 4.02. The van der Waals surface area contributed by atoms with E-state index in [1.807, 2.05) is 6.08 Å². The van der Waals surface area contributed by atoms with Crippen molar-refractivity contribution in [1.82, 2.24) is 10.2 Å². The Balaban J connectivity index is 2.72. The van der Waals surface area contributed by atoms with Gasteiger partial charge in [0.1, 0.15) is 5.01 Å². The molecule has 1 heterocycles. The van der Waals surface area contributed by atoms with Crippen molar-refractivity contribution in [2.24, 2.45) is 0 Å². The van der Waals surface area contributed by atoms with Crippen LogP contribution in [-0.2, 0) is 6.42 Å². The third-order valence-corrected chi connectivity index (χ3v) is 2.14. The molecule has 1 rings (SSSR count). The molecule has 0 atom stereocenters. The second kappa shape index (κ2) is 3.08. The maximum Gasteiger partial charge on any atom is 0.183 e. The highest BCUT2D eigenvalue weighted by molar-refractivity contribution is 9.11. The Hall–Kier alpha value is -0.220. The van der Waals surface area contributed by atoms with E-state index in [-0.39, 0.29) is 0 Å². The molecule has 0 saturated heterocycles. The van der Waals surface area contributed by atoms with Crippen molar-refractivity contribution in [3.63, 3.8) is 0 Å². The van der Waals surface area contributed by atoms with E-state index in [0.29, 0.717) is 0 Å². The average Bonchev–Trinajstić information content (AvgIpc) is 2.17. The molecule has 1 aromatic rings. The van der Waals surface area contributed by atoms with Crippen LogP contribution in [0.1, 0.15) is 5.01 Å². The fourth-order valence-electron chi connectivity index (χ4n) is 0.439. The topological polar surface area (TPSA) is 25.8 Å². The molecule has 4 heteroatoms. The van der Waals surface area contributed by atoms with Gasteiger partial charge in [-0.3, -0.25) is 0 Å². The summed E-state index contributed by atoms with van der Waals surface area (Å²) in [5.74, 6) is 0. The van der Waals surface area contributed by atoms with Crippen LogP contribution in [0.4, 0.5) is 0 Å². The van der Waals surface area contributed by atoms with Crippen LogP contribution in [-0.4, -0.2) is 10.2 Å². The Morgan fingerprint density at radius 2 is 2.44 bits per heavy atom. The molecule has 0 amide bonds. The average molecular weight is 205 g/mol. The number of nitrogens with zero attached hydrogens (tertiary/aromatic N) is 2. The van der Waals surface area contributed by atoms with Gasteiger partial charge in [0, 0.05) is 6.42 Å². The first-order chi connectivity index (χ1) is 4.33. The van der Waals surface area contributed by atoms with Crippen molar-refractivity contribution in [2.75, 3.05) is 0 Å². The van der Waals surface area contributed by atoms with E-state index in [0.717, 1.165) is 15.3 Å². The molecule has 0 unspecified atom stereocenters. The summed E-state index contributed by atoms with van der Waals surface area (Å²) in [6.45, 7) is 3.59. The van der Waals surface area contributed by atoms with Crippen molar-refractivity contribution < 1.29 is 0 Å². The zero-order valence-electron chi connectivity index (χ0n) is 4.67. The molecule has 0 aromatic carbocycles. The molecule has 0 aliphatic rings. The lowest BCUT2D eigenvalue weighted by Gasteiger charge is -1.78. The fraction of sp³-hybridized carbons (Fsp3) is 0.200. The molecule has 2 nitrogen and oxygen atoms in total. The summed E-state index contributed by atoms with van der Waals surface area (Å²) in [7, 11) is 0. The zero-order chi connectivity index (χ0) is 6.69. The van der Waals surface area contributed by atoms with Gasteiger partial charge in [0.15, 0.2) is 3.92 Å². The minimum atomic E-state index is 0.809. The van der Waals surface area contributed by atoms with Crippen LogP contribution in [0.15, 0.2) is 16.6 Å². The van der Waals surface area contributed by atoms with Gasteiger partial charge in [-0.25, -0.2) is 0 Å². The van der Waals surface area contributed by atoms with E-state index in [2.05, 4.69) is 32.7 Å². The third kappa shape index (κ3) is 1.87. The van der Waals surface area contributed by atoms with Crippen molar-refractivity contribution in [1.29, 1.82) is 0 Å². The Bertz CT molecular complexity index is 208. The molecule has 48 valence electrons. The third-order valence-electron chi connectivity index (χ3n) is 0.761. The standard InChI is InChI=1S/C5H5BrN2S/c1-2-3-4-7-8-5(6)9-4/h2H,1,3H2. The highest BCUT2D eigenvalue weighted by atomic mass is 79.9. The second-order valence-corrected chi connectivity index (χ2v) is 3.78. The van der Waals surface area contributed by atoms with Gasteiger partial charge >= 0.3 is 0 Å². The van der Waals surface area contributed by atoms with Crippen LogP contribution in [0.3, 0.4) is 0 Å². The molecule has 0 aliphatic carbocycles. The normalized spacial score (nSPS) is 9.44. The largest absolute Gasteiger partial charge is 0.183 e. The highest BCUT2D eigenvalue weighted by Crippen LogP contribution is 2.15. The molecular weight excluding hydrogens is 200 g/mol. The van der Waals surface area contributed by atoms with Crippen molar-refractivity contribution in [2.45, 2.75) is 6.42 Å². The molecule has 0 fully saturated rings. The van der Waals surface area contributed by atoms with E-state index in [1.165, 1.54) is 11.3 Å². The van der Waals surface area contributed by atoms with Gasteiger partial charge in [0.25, 0.3) is 0 Å². The number of hydrogen-bond donors (Lipinski definition) is 0. The molecule has 0 spiro atoms. The summed E-state index contributed by atoms with van der Waals surface area (Å²) >= 11 is 4.75. The predicted molar refractivity (Wildman–Crippen MR) is 41.5 cm³/mol. The van der Waals surface area contributed by atoms with Gasteiger partial charge in [-0.05, 0) is 15.9 Å². The van der Waals surface area contributed by atoms with Gasteiger partial charge in [-0.15, -0.1) is 16.8 Å². The van der Waals surface area contributed by atoms with E-state index < -0.39 is 0 Å². The number of aromatic nitrogens is 2. The van der Waals surface area contributed by atoms with Crippen molar-refractivity contribution in [3.8, 4) is 0 Å². The van der Waals surface area contributed by atoms with Crippen LogP contribution >= 0.6 is 27.3 Å². The molecule has 0 aliphatic heterocycles. The van der Waals surface area contributed by atoms with Gasteiger partial charge < -0.3 is 0 Å². The lowest BCUT2D eigenvalue weighted by Crippen LogP contribution is -1.76. The molecule has 0 saturated carbocycles. The molecule has 0 N–H and O–H groups in total. The summed E-state index contributed by atoms with van der Waals surface area (Å²) in [6, 6.07) is 0. The Morgan fingerprint density at radius 1 is 1.67 bits per heavy atom. The Morgan fingerprint density at radius 3 is 2.89 bits per heavy atom. The maximum absolute atomic E-state index is 3.86. The molecule has 1 aromatic heterocycles. The van der Waals surface area contributed by atoms with Crippen LogP contribution < -0.4 is 0 Å². The summed E-state index contributed by atoms with van der Waals surface area (Å²) in [4.78, 5) is 0. The lowest BCUT2D eigenvalue weighted by atomic mass is 10.5. The SMILES string of the molecule is C=CCc1nnc(Br)s1. The number of rotatable bonds is 2. The first-order valence-electron chi connectivity index (χ1n) is 2.41. The van der Waals surface area contributed by atoms with Gasteiger partial charge in [0.05, 0.1) is 0 Å². The minimum Gasteiger partial charge on any atom is -0.142 e. The highest BCUT2D eigenvalue weighted by Gasteiger charge is 1.96. The lowest BCUT2D eigenvalue weighted by molar-refractivity contribution is 1.01. The van der Waals surface area contributed by atoms with Crippen LogP contribution in [0, 0.1) is 0 Å². The summed E-state index contributed by atoms with van der Waals surface area (Å²) in [6.07, 6.45) is 2.62. The summed E-state index contributed by atoms with van der Waals surface area (Å²) < 4.78 is 0.833. The monoisotopic (exact) mass is 204 g/mol. The first kappa shape index (κ1) is 6.89. The van der Waals surface area contributed by atoms with E-state index in [9.17, 15) is 0 Å². The van der Waals surface area contributed by atoms with E-state index in [4.69, 9.17) is 0 Å². The number of halogens is 1. The quantitative estimate of drug-likeness (QED) is 0.690. The van der Waals surface area contributed by atoms with Crippen LogP contribution in [0.25, 0.3) is 0 Å². The van der Waals surface area contributed by atoms with Crippen LogP contribution in [0.2, 0.25) is 0 Å². The summed E-state index contributed by atoms with van der Waals surface area (Å²) in [5.41, 5.74) is 0. The second-order valence-electron chi connectivity index (χ2n) is 1.44. The predicted octanol–water partition coefficient (Wildman–Crippen LogP) is 2.03. The molecular formula is C5H5BrN2S. The smallest absolute Gasteiger partial charge is 0.142 e. The number of hydrogen-bond acceptors (Lipinski definition) is 3. The van der Waals surface area contributed by atoms with Crippen LogP contribution in [0.5, 0.6) is 0 Å². The molecule has 0 bridgehead atoms. The fourth-order valence-corrected chi connectivity index (χ4v) is 1.64. The number of allylic oxidation sites excluding steroid dienone is 1. The summed E-state index contributed by atoms with van der Waals surface area (Å²) in [5, 5.41) is 8.63. The Kier molecular flexibility index (Phi) is 2.36. The van der Waals surface area contributed by atoms with E-state index in [1.54, 1.807) is 0 Å². The molecule has 9 heavy (non-hydrogen) atoms. The maximum atomic E-state index is 3.86. The zero-order valence-corrected chi connectivity index (χ0v) is 7.07. The van der Waals surface area contributed by atoms with Crippen molar-refractivity contribution in [3.05, 3.63) is 21.6 Å². The van der Waals surface area contributed by atoms with Gasteiger partial charge in [-0.2, -0.15) is 0 Å². The van der Waals surface area contributed by atoms with Gasteiger partial charge in [0.2, 0.25) is 0 Å². The minimum absolute atomic E-state index is 0.809. The Labute approximate surface area is 65.8 Å². The van der Waals surface area contributed by atoms with Crippen molar-refractivity contribution >= 4 is 27.3 Å². The molecule has 0 radical (unpaired) electrons. The van der Waals surface area contributed by atoms with E-state index >= 15 is 0 Å². The van der Waals surface area contributed by atoms with Gasteiger partial charge in [-0.1, -0.05) is 17.4 Å².